The third kappa shape index (κ3) is 5.20. The molecule has 2 atom stereocenters. The summed E-state index contributed by atoms with van der Waals surface area (Å²) in [5, 5.41) is 2.69. The van der Waals surface area contributed by atoms with Crippen LogP contribution in [0.25, 0.3) is 10.6 Å². The van der Waals surface area contributed by atoms with Crippen molar-refractivity contribution in [2.45, 2.75) is 69.7 Å². The highest BCUT2D eigenvalue weighted by atomic mass is 32.2. The van der Waals surface area contributed by atoms with Gasteiger partial charge in [0.05, 0.1) is 21.5 Å². The van der Waals surface area contributed by atoms with Crippen LogP contribution < -0.4 is 15.8 Å². The highest BCUT2D eigenvalue weighted by molar-refractivity contribution is 7.90. The van der Waals surface area contributed by atoms with Crippen molar-refractivity contribution in [1.82, 2.24) is 24.6 Å². The molecule has 4 N–H and O–H groups in total. The highest BCUT2D eigenvalue weighted by Gasteiger charge is 2.43. The fourth-order valence-electron chi connectivity index (χ4n) is 3.82. The zero-order valence-electron chi connectivity index (χ0n) is 19.5. The van der Waals surface area contributed by atoms with Crippen molar-refractivity contribution in [3.63, 3.8) is 0 Å². The van der Waals surface area contributed by atoms with Crippen molar-refractivity contribution < 1.29 is 18.0 Å². The van der Waals surface area contributed by atoms with Crippen LogP contribution >= 0.6 is 11.3 Å². The number of thiazole rings is 1. The molecule has 2 aromatic rings. The lowest BCUT2D eigenvalue weighted by atomic mass is 9.95. The molecule has 2 aromatic heterocycles. The largest absolute Gasteiger partial charge is 0.368 e. The van der Waals surface area contributed by atoms with Crippen LogP contribution in [0.4, 0.5) is 9.93 Å². The number of urea groups is 1. The van der Waals surface area contributed by atoms with Gasteiger partial charge in [0.1, 0.15) is 11.9 Å². The van der Waals surface area contributed by atoms with Gasteiger partial charge in [-0.2, -0.15) is 0 Å². The Morgan fingerprint density at radius 2 is 1.94 bits per heavy atom. The fraction of sp³-hybridized carbons (Fsp3) is 0.571. The van der Waals surface area contributed by atoms with Gasteiger partial charge in [-0.15, -0.1) is 0 Å². The first-order valence-electron chi connectivity index (χ1n) is 11.0. The summed E-state index contributed by atoms with van der Waals surface area (Å²) in [5.74, 6) is 0.0133. The maximum Gasteiger partial charge on any atom is 0.324 e. The van der Waals surface area contributed by atoms with Gasteiger partial charge in [-0.05, 0) is 32.3 Å². The number of hydrogen-bond acceptors (Lipinski definition) is 8. The molecule has 34 heavy (non-hydrogen) atoms. The van der Waals surface area contributed by atoms with Gasteiger partial charge in [-0.1, -0.05) is 32.1 Å². The van der Waals surface area contributed by atoms with Crippen LogP contribution in [-0.4, -0.2) is 64.1 Å². The smallest absolute Gasteiger partial charge is 0.324 e. The lowest BCUT2D eigenvalue weighted by molar-refractivity contribution is -0.121. The second-order valence-electron chi connectivity index (χ2n) is 9.74. The first kappa shape index (κ1) is 24.5. The Balaban J connectivity index is 1.49. The summed E-state index contributed by atoms with van der Waals surface area (Å²) < 4.78 is 27.2. The predicted octanol–water partition coefficient (Wildman–Crippen LogP) is 1.75. The number of primary amides is 1. The highest BCUT2D eigenvalue weighted by Crippen LogP contribution is 2.33. The molecule has 0 bridgehead atoms. The van der Waals surface area contributed by atoms with Crippen LogP contribution in [0.15, 0.2) is 12.3 Å². The minimum atomic E-state index is -3.46. The summed E-state index contributed by atoms with van der Waals surface area (Å²) in [5.41, 5.74) is 6.69. The summed E-state index contributed by atoms with van der Waals surface area (Å²) in [4.78, 5) is 40.5. The van der Waals surface area contributed by atoms with E-state index in [-0.39, 0.29) is 23.6 Å². The summed E-state index contributed by atoms with van der Waals surface area (Å²) >= 11 is 1.26. The summed E-state index contributed by atoms with van der Waals surface area (Å²) in [7, 11) is -3.46. The van der Waals surface area contributed by atoms with E-state index in [1.54, 1.807) is 12.3 Å². The van der Waals surface area contributed by atoms with Crippen molar-refractivity contribution in [2.75, 3.05) is 11.9 Å². The Hall–Kier alpha value is -2.64. The molecule has 0 aromatic carbocycles. The number of sulfonamides is 1. The van der Waals surface area contributed by atoms with E-state index in [1.807, 2.05) is 27.7 Å². The lowest BCUT2D eigenvalue weighted by Crippen LogP contribution is -2.46. The number of rotatable bonds is 6. The number of nitrogens with zero attached hydrogens (tertiary/aromatic N) is 4. The first-order chi connectivity index (χ1) is 15.8. The van der Waals surface area contributed by atoms with Crippen molar-refractivity contribution in [1.29, 1.82) is 0 Å². The van der Waals surface area contributed by atoms with Crippen LogP contribution in [-0.2, 0) is 20.2 Å². The lowest BCUT2D eigenvalue weighted by Gasteiger charge is -2.21. The van der Waals surface area contributed by atoms with E-state index < -0.39 is 34.0 Å². The van der Waals surface area contributed by atoms with Gasteiger partial charge in [0, 0.05) is 24.2 Å². The maximum absolute atomic E-state index is 13.0. The molecule has 2 aliphatic rings. The normalized spacial score (nSPS) is 21.0. The van der Waals surface area contributed by atoms with Gasteiger partial charge in [-0.25, -0.2) is 32.9 Å². The minimum Gasteiger partial charge on any atom is -0.368 e. The zero-order chi connectivity index (χ0) is 24.8. The predicted molar refractivity (Wildman–Crippen MR) is 129 cm³/mol. The van der Waals surface area contributed by atoms with Crippen LogP contribution in [0.5, 0.6) is 0 Å². The van der Waals surface area contributed by atoms with E-state index in [0.29, 0.717) is 35.2 Å². The van der Waals surface area contributed by atoms with E-state index >= 15 is 0 Å². The van der Waals surface area contributed by atoms with Gasteiger partial charge in [0.15, 0.2) is 5.13 Å². The second kappa shape index (κ2) is 8.86. The van der Waals surface area contributed by atoms with Crippen LogP contribution in [0.3, 0.4) is 0 Å². The third-order valence-corrected chi connectivity index (χ3v) is 8.86. The van der Waals surface area contributed by atoms with Crippen molar-refractivity contribution in [3.05, 3.63) is 23.8 Å². The minimum absolute atomic E-state index is 0.0451. The number of carbonyl (C=O) groups is 2. The van der Waals surface area contributed by atoms with Gasteiger partial charge < -0.3 is 10.6 Å². The molecule has 3 amide bonds. The van der Waals surface area contributed by atoms with Crippen molar-refractivity contribution in [2.24, 2.45) is 5.73 Å². The van der Waals surface area contributed by atoms with E-state index in [1.165, 1.54) is 16.2 Å². The first-order valence-corrected chi connectivity index (χ1v) is 13.4. The molecule has 3 heterocycles. The molecule has 2 fully saturated rings. The molecule has 1 saturated heterocycles. The number of aryl methyl sites for hydroxylation is 1. The Morgan fingerprint density at radius 1 is 1.24 bits per heavy atom. The SMILES string of the molecule is Cc1nc(NC(=O)N2C[C@H](NS(=O)(=O)C3CC3)C[C@H]2C(N)=O)sc1-c1ccnc(C(C)(C)C)n1. The quantitative estimate of drug-likeness (QED) is 0.537. The number of nitrogens with two attached hydrogens (primary N) is 1. The molecule has 1 saturated carbocycles. The van der Waals surface area contributed by atoms with E-state index in [4.69, 9.17) is 5.73 Å². The molecular weight excluding hydrogens is 478 g/mol. The Kier molecular flexibility index (Phi) is 6.38. The van der Waals surface area contributed by atoms with Crippen molar-refractivity contribution >= 4 is 38.4 Å². The number of amides is 3. The Morgan fingerprint density at radius 3 is 2.56 bits per heavy atom. The molecule has 1 aliphatic heterocycles. The molecule has 184 valence electrons. The fourth-order valence-corrected chi connectivity index (χ4v) is 6.33. The van der Waals surface area contributed by atoms with Gasteiger partial charge in [-0.3, -0.25) is 10.1 Å². The number of aromatic nitrogens is 3. The average Bonchev–Trinajstić information content (AvgIpc) is 3.43. The molecular formula is C21H29N7O4S2. The number of nitrogens with one attached hydrogen (secondary N) is 2. The third-order valence-electron chi connectivity index (χ3n) is 5.75. The number of anilines is 1. The Labute approximate surface area is 202 Å². The molecule has 11 nitrogen and oxygen atoms in total. The number of hydrogen-bond donors (Lipinski definition) is 3. The summed E-state index contributed by atoms with van der Waals surface area (Å²) in [6.07, 6.45) is 3.08. The molecule has 13 heteroatoms. The van der Waals surface area contributed by atoms with Gasteiger partial charge in [0.25, 0.3) is 0 Å². The second-order valence-corrected chi connectivity index (χ2v) is 12.7. The number of carbonyl (C=O) groups excluding carboxylic acids is 2. The zero-order valence-corrected chi connectivity index (χ0v) is 21.2. The summed E-state index contributed by atoms with van der Waals surface area (Å²) in [6, 6.07) is -0.250. The van der Waals surface area contributed by atoms with Crippen LogP contribution in [0.1, 0.15) is 51.6 Å². The van der Waals surface area contributed by atoms with Gasteiger partial charge >= 0.3 is 6.03 Å². The van der Waals surface area contributed by atoms with Crippen LogP contribution in [0.2, 0.25) is 0 Å². The average molecular weight is 508 g/mol. The van der Waals surface area contributed by atoms with Crippen LogP contribution in [0, 0.1) is 6.92 Å². The molecule has 0 spiro atoms. The summed E-state index contributed by atoms with van der Waals surface area (Å²) in [6.45, 7) is 7.95. The maximum atomic E-state index is 13.0. The topological polar surface area (TPSA) is 160 Å². The molecule has 4 rings (SSSR count). The van der Waals surface area contributed by atoms with E-state index in [0.717, 1.165) is 4.88 Å². The monoisotopic (exact) mass is 507 g/mol. The molecule has 0 unspecified atom stereocenters. The number of likely N-dealkylation sites (tertiary alicyclic amines) is 1. The van der Waals surface area contributed by atoms with E-state index in [9.17, 15) is 18.0 Å². The molecule has 1 aliphatic carbocycles. The van der Waals surface area contributed by atoms with E-state index in [2.05, 4.69) is 25.0 Å². The van der Waals surface area contributed by atoms with Crippen molar-refractivity contribution in [3.8, 4) is 10.6 Å². The molecule has 0 radical (unpaired) electrons. The van der Waals surface area contributed by atoms with Gasteiger partial charge in [0.2, 0.25) is 15.9 Å². The Bertz CT molecular complexity index is 1220. The standard InChI is InChI=1S/C21H29N7O4S2/c1-11-16(14-7-8-23-18(25-14)21(2,3)4)33-19(24-11)26-20(30)28-10-12(9-15(28)17(22)29)27-34(31,32)13-5-6-13/h7-8,12-13,15,27H,5-6,9-10H2,1-4H3,(H2,22,29)(H,24,26,30)/t12-,15+/m1/s1.